The van der Waals surface area contributed by atoms with Gasteiger partial charge in [-0.05, 0) is 50.2 Å². The standard InChI is InChI=1S/C18H27NO2/c1-13(2)16-10-5-6-11-19(16)17(20)12-21-18-14(3)8-7-9-15(18)4/h7-9,13,16H,5-6,10-12H2,1-4H3. The number of hydrogen-bond acceptors (Lipinski definition) is 2. The number of hydrogen-bond donors (Lipinski definition) is 0. The van der Waals surface area contributed by atoms with Gasteiger partial charge in [-0.15, -0.1) is 0 Å². The lowest BCUT2D eigenvalue weighted by Crippen LogP contribution is -2.48. The first-order valence-corrected chi connectivity index (χ1v) is 7.99. The van der Waals surface area contributed by atoms with Gasteiger partial charge in [-0.2, -0.15) is 0 Å². The highest BCUT2D eigenvalue weighted by Crippen LogP contribution is 2.25. The number of carbonyl (C=O) groups is 1. The van der Waals surface area contributed by atoms with Crippen LogP contribution in [0.15, 0.2) is 18.2 Å². The van der Waals surface area contributed by atoms with Crippen LogP contribution in [-0.2, 0) is 4.79 Å². The topological polar surface area (TPSA) is 29.5 Å². The molecule has 1 heterocycles. The largest absolute Gasteiger partial charge is 0.483 e. The molecule has 0 bridgehead atoms. The van der Waals surface area contributed by atoms with Gasteiger partial charge < -0.3 is 9.64 Å². The van der Waals surface area contributed by atoms with Gasteiger partial charge in [-0.1, -0.05) is 32.0 Å². The van der Waals surface area contributed by atoms with Gasteiger partial charge in [0.15, 0.2) is 6.61 Å². The minimum Gasteiger partial charge on any atom is -0.483 e. The molecule has 0 spiro atoms. The third-order valence-electron chi connectivity index (χ3n) is 4.39. The summed E-state index contributed by atoms with van der Waals surface area (Å²) in [5.41, 5.74) is 2.17. The van der Waals surface area contributed by atoms with E-state index in [2.05, 4.69) is 13.8 Å². The van der Waals surface area contributed by atoms with Gasteiger partial charge in [0, 0.05) is 12.6 Å². The average molecular weight is 289 g/mol. The Morgan fingerprint density at radius 3 is 2.57 bits per heavy atom. The first-order valence-electron chi connectivity index (χ1n) is 7.99. The lowest BCUT2D eigenvalue weighted by Gasteiger charge is -2.38. The Morgan fingerprint density at radius 1 is 1.29 bits per heavy atom. The van der Waals surface area contributed by atoms with Crippen LogP contribution in [0.25, 0.3) is 0 Å². The fourth-order valence-corrected chi connectivity index (χ4v) is 3.20. The van der Waals surface area contributed by atoms with E-state index in [4.69, 9.17) is 4.74 Å². The molecule has 3 nitrogen and oxygen atoms in total. The third-order valence-corrected chi connectivity index (χ3v) is 4.39. The van der Waals surface area contributed by atoms with Crippen LogP contribution in [0.3, 0.4) is 0 Å². The normalized spacial score (nSPS) is 18.9. The van der Waals surface area contributed by atoms with Crippen LogP contribution in [0.4, 0.5) is 0 Å². The maximum Gasteiger partial charge on any atom is 0.260 e. The molecule has 1 atom stereocenters. The van der Waals surface area contributed by atoms with Crippen molar-refractivity contribution in [1.29, 1.82) is 0 Å². The van der Waals surface area contributed by atoms with Gasteiger partial charge in [0.05, 0.1) is 0 Å². The van der Waals surface area contributed by atoms with Crippen molar-refractivity contribution in [2.24, 2.45) is 5.92 Å². The van der Waals surface area contributed by atoms with Crippen LogP contribution in [-0.4, -0.2) is 30.0 Å². The summed E-state index contributed by atoms with van der Waals surface area (Å²) in [7, 11) is 0. The number of benzene rings is 1. The van der Waals surface area contributed by atoms with Crippen molar-refractivity contribution in [2.45, 2.75) is 53.0 Å². The van der Waals surface area contributed by atoms with Gasteiger partial charge in [0.1, 0.15) is 5.75 Å². The molecule has 0 aliphatic carbocycles. The summed E-state index contributed by atoms with van der Waals surface area (Å²) >= 11 is 0. The van der Waals surface area contributed by atoms with Crippen LogP contribution in [0.1, 0.15) is 44.2 Å². The molecule has 1 unspecified atom stereocenters. The summed E-state index contributed by atoms with van der Waals surface area (Å²) in [6, 6.07) is 6.42. The molecular weight excluding hydrogens is 262 g/mol. The molecule has 0 aromatic heterocycles. The van der Waals surface area contributed by atoms with Gasteiger partial charge in [-0.3, -0.25) is 4.79 Å². The van der Waals surface area contributed by atoms with E-state index in [1.807, 2.05) is 36.9 Å². The van der Waals surface area contributed by atoms with Crippen LogP contribution < -0.4 is 4.74 Å². The number of aryl methyl sites for hydroxylation is 2. The Morgan fingerprint density at radius 2 is 1.95 bits per heavy atom. The average Bonchev–Trinajstić information content (AvgIpc) is 2.46. The van der Waals surface area contributed by atoms with Gasteiger partial charge in [-0.25, -0.2) is 0 Å². The Hall–Kier alpha value is -1.51. The molecule has 0 saturated carbocycles. The zero-order valence-corrected chi connectivity index (χ0v) is 13.7. The minimum atomic E-state index is 0.121. The van der Waals surface area contributed by atoms with Crippen LogP contribution >= 0.6 is 0 Å². The Kier molecular flexibility index (Phi) is 5.27. The van der Waals surface area contributed by atoms with E-state index in [-0.39, 0.29) is 12.5 Å². The minimum absolute atomic E-state index is 0.121. The monoisotopic (exact) mass is 289 g/mol. The summed E-state index contributed by atoms with van der Waals surface area (Å²) in [6.07, 6.45) is 3.45. The van der Waals surface area contributed by atoms with E-state index in [0.29, 0.717) is 12.0 Å². The molecule has 1 aromatic rings. The lowest BCUT2D eigenvalue weighted by atomic mass is 9.93. The first-order chi connectivity index (χ1) is 10.0. The second kappa shape index (κ2) is 6.97. The Labute approximate surface area is 128 Å². The van der Waals surface area contributed by atoms with E-state index in [0.717, 1.165) is 36.3 Å². The quantitative estimate of drug-likeness (QED) is 0.845. The van der Waals surface area contributed by atoms with Crippen molar-refractivity contribution < 1.29 is 9.53 Å². The van der Waals surface area contributed by atoms with Crippen molar-refractivity contribution in [1.82, 2.24) is 4.90 Å². The third kappa shape index (κ3) is 3.78. The lowest BCUT2D eigenvalue weighted by molar-refractivity contribution is -0.138. The van der Waals surface area contributed by atoms with E-state index in [9.17, 15) is 4.79 Å². The van der Waals surface area contributed by atoms with Crippen molar-refractivity contribution in [3.63, 3.8) is 0 Å². The van der Waals surface area contributed by atoms with E-state index < -0.39 is 0 Å². The predicted molar refractivity (Wildman–Crippen MR) is 85.6 cm³/mol. The van der Waals surface area contributed by atoms with Crippen LogP contribution in [0.2, 0.25) is 0 Å². The molecular formula is C18H27NO2. The molecule has 1 fully saturated rings. The molecule has 1 amide bonds. The van der Waals surface area contributed by atoms with Gasteiger partial charge in [0.2, 0.25) is 0 Å². The fourth-order valence-electron chi connectivity index (χ4n) is 3.20. The molecule has 1 aromatic carbocycles. The summed E-state index contributed by atoms with van der Waals surface area (Å²) in [6.45, 7) is 9.45. The summed E-state index contributed by atoms with van der Waals surface area (Å²) in [5, 5.41) is 0. The Bertz CT molecular complexity index is 476. The number of piperidine rings is 1. The molecule has 2 rings (SSSR count). The van der Waals surface area contributed by atoms with Crippen molar-refractivity contribution in [3.05, 3.63) is 29.3 Å². The number of nitrogens with zero attached hydrogens (tertiary/aromatic N) is 1. The highest BCUT2D eigenvalue weighted by Gasteiger charge is 2.29. The van der Waals surface area contributed by atoms with Crippen molar-refractivity contribution in [3.8, 4) is 5.75 Å². The number of likely N-dealkylation sites (tertiary alicyclic amines) is 1. The molecule has 0 N–H and O–H groups in total. The number of para-hydroxylation sites is 1. The summed E-state index contributed by atoms with van der Waals surface area (Å²) in [4.78, 5) is 14.5. The van der Waals surface area contributed by atoms with Gasteiger partial charge in [0.25, 0.3) is 5.91 Å². The smallest absolute Gasteiger partial charge is 0.260 e. The highest BCUT2D eigenvalue weighted by atomic mass is 16.5. The van der Waals surface area contributed by atoms with E-state index in [1.165, 1.54) is 6.42 Å². The molecule has 21 heavy (non-hydrogen) atoms. The Balaban J connectivity index is 2.00. The van der Waals surface area contributed by atoms with Gasteiger partial charge >= 0.3 is 0 Å². The molecule has 1 aliphatic rings. The zero-order chi connectivity index (χ0) is 15.4. The SMILES string of the molecule is Cc1cccc(C)c1OCC(=O)N1CCCCC1C(C)C. The van der Waals surface area contributed by atoms with E-state index in [1.54, 1.807) is 0 Å². The van der Waals surface area contributed by atoms with Crippen LogP contribution in [0.5, 0.6) is 5.75 Å². The second-order valence-electron chi connectivity index (χ2n) is 6.40. The molecule has 3 heteroatoms. The molecule has 0 radical (unpaired) electrons. The highest BCUT2D eigenvalue weighted by molar-refractivity contribution is 5.78. The number of rotatable bonds is 4. The molecule has 1 saturated heterocycles. The maximum absolute atomic E-state index is 12.5. The predicted octanol–water partition coefficient (Wildman–Crippen LogP) is 3.72. The maximum atomic E-state index is 12.5. The van der Waals surface area contributed by atoms with Crippen molar-refractivity contribution >= 4 is 5.91 Å². The fraction of sp³-hybridized carbons (Fsp3) is 0.611. The van der Waals surface area contributed by atoms with E-state index >= 15 is 0 Å². The summed E-state index contributed by atoms with van der Waals surface area (Å²) in [5.74, 6) is 1.48. The zero-order valence-electron chi connectivity index (χ0n) is 13.7. The summed E-state index contributed by atoms with van der Waals surface area (Å²) < 4.78 is 5.82. The molecule has 1 aliphatic heterocycles. The number of amides is 1. The first kappa shape index (κ1) is 15.9. The number of ether oxygens (including phenoxy) is 1. The molecule has 116 valence electrons. The number of carbonyl (C=O) groups excluding carboxylic acids is 1. The van der Waals surface area contributed by atoms with Crippen LogP contribution in [0, 0.1) is 19.8 Å². The second-order valence-corrected chi connectivity index (χ2v) is 6.40. The van der Waals surface area contributed by atoms with Crippen molar-refractivity contribution in [2.75, 3.05) is 13.2 Å².